The van der Waals surface area contributed by atoms with Gasteiger partial charge in [0.05, 0.1) is 19.8 Å². The third-order valence-corrected chi connectivity index (χ3v) is 8.42. The topological polar surface area (TPSA) is 104 Å². The van der Waals surface area contributed by atoms with Crippen LogP contribution in [0.3, 0.4) is 0 Å². The molecular formula is C39H47NO7. The second kappa shape index (κ2) is 18.3. The summed E-state index contributed by atoms with van der Waals surface area (Å²) in [5.74, 6) is -0.167. The van der Waals surface area contributed by atoms with Gasteiger partial charge in [-0.1, -0.05) is 70.0 Å². The van der Waals surface area contributed by atoms with Crippen LogP contribution in [0.5, 0.6) is 0 Å². The fraction of sp³-hybridized carbons (Fsp3) is 0.410. The van der Waals surface area contributed by atoms with E-state index in [2.05, 4.69) is 25.0 Å². The van der Waals surface area contributed by atoms with E-state index in [0.29, 0.717) is 48.7 Å². The van der Waals surface area contributed by atoms with E-state index < -0.39 is 12.1 Å². The summed E-state index contributed by atoms with van der Waals surface area (Å²) in [5.41, 5.74) is 3.82. The highest BCUT2D eigenvalue weighted by molar-refractivity contribution is 6.15. The van der Waals surface area contributed by atoms with Crippen LogP contribution < -0.4 is 0 Å². The summed E-state index contributed by atoms with van der Waals surface area (Å²) in [6, 6.07) is 20.9. The Balaban J connectivity index is 1.45. The summed E-state index contributed by atoms with van der Waals surface area (Å²) < 4.78 is 18.3. The van der Waals surface area contributed by atoms with Gasteiger partial charge in [-0.05, 0) is 61.6 Å². The predicted molar refractivity (Wildman–Crippen MR) is 185 cm³/mol. The number of hydrogen-bond donors (Lipinski definition) is 1. The third-order valence-electron chi connectivity index (χ3n) is 8.42. The first kappa shape index (κ1) is 35.7. The first-order chi connectivity index (χ1) is 22.9. The van der Waals surface area contributed by atoms with E-state index in [1.165, 1.54) is 6.42 Å². The Morgan fingerprint density at radius 3 is 2.17 bits per heavy atom. The Bertz CT molecular complexity index is 1640. The van der Waals surface area contributed by atoms with Crippen LogP contribution >= 0.6 is 0 Å². The number of Topliss-reactive ketones (excluding diaryl/α,β-unsaturated/α-hetero) is 1. The van der Waals surface area contributed by atoms with E-state index >= 15 is 0 Å². The number of rotatable bonds is 21. The molecule has 3 aromatic carbocycles. The standard InChI is InChI=1S/C39H47NO7/c1-4-7-13-28(5-2)24-40-35-18-16-30(37(42)27-46-26-32(41)25-45-20-11-12-21-47-38(43)6-3)22-33(35)34-23-31(17-19-36(34)40)39(44)29-14-9-8-10-15-29/h6,8-10,14-19,22-23,28,32,41H,3-5,7,11-13,20-21,24-27H2,1-2H3. The second-order valence-corrected chi connectivity index (χ2v) is 11.9. The summed E-state index contributed by atoms with van der Waals surface area (Å²) in [7, 11) is 0. The highest BCUT2D eigenvalue weighted by Gasteiger charge is 2.19. The summed E-state index contributed by atoms with van der Waals surface area (Å²) in [6.07, 6.45) is 6.13. The van der Waals surface area contributed by atoms with Crippen molar-refractivity contribution in [2.24, 2.45) is 5.92 Å². The number of carbonyl (C=O) groups excluding carboxylic acids is 3. The fourth-order valence-corrected chi connectivity index (χ4v) is 5.72. The second-order valence-electron chi connectivity index (χ2n) is 11.9. The zero-order chi connectivity index (χ0) is 33.6. The maximum Gasteiger partial charge on any atom is 0.330 e. The van der Waals surface area contributed by atoms with Crippen molar-refractivity contribution < 1.29 is 33.7 Å². The molecule has 250 valence electrons. The van der Waals surface area contributed by atoms with E-state index in [1.807, 2.05) is 66.7 Å². The number of hydrogen-bond acceptors (Lipinski definition) is 7. The number of fused-ring (bicyclic) bond motifs is 3. The number of nitrogens with zero attached hydrogens (tertiary/aromatic N) is 1. The van der Waals surface area contributed by atoms with Crippen LogP contribution in [-0.4, -0.2) is 66.3 Å². The molecule has 0 radical (unpaired) electrons. The molecule has 0 amide bonds. The fourth-order valence-electron chi connectivity index (χ4n) is 5.72. The van der Waals surface area contributed by atoms with Gasteiger partial charge in [0.25, 0.3) is 0 Å². The number of benzene rings is 3. The van der Waals surface area contributed by atoms with Crippen molar-refractivity contribution in [3.05, 3.63) is 96.1 Å². The van der Waals surface area contributed by atoms with Crippen molar-refractivity contribution in [2.75, 3.05) is 33.0 Å². The first-order valence-electron chi connectivity index (χ1n) is 16.7. The lowest BCUT2D eigenvalue weighted by atomic mass is 9.99. The molecule has 0 saturated heterocycles. The molecular weight excluding hydrogens is 594 g/mol. The van der Waals surface area contributed by atoms with E-state index in [4.69, 9.17) is 14.2 Å². The molecule has 0 saturated carbocycles. The molecule has 1 heterocycles. The van der Waals surface area contributed by atoms with Gasteiger partial charge in [0.1, 0.15) is 12.7 Å². The van der Waals surface area contributed by atoms with Gasteiger partial charge >= 0.3 is 5.97 Å². The predicted octanol–water partition coefficient (Wildman–Crippen LogP) is 7.33. The highest BCUT2D eigenvalue weighted by Crippen LogP contribution is 2.33. The van der Waals surface area contributed by atoms with E-state index in [1.54, 1.807) is 0 Å². The smallest absolute Gasteiger partial charge is 0.330 e. The molecule has 0 fully saturated rings. The summed E-state index contributed by atoms with van der Waals surface area (Å²) >= 11 is 0. The molecule has 4 rings (SSSR count). The number of esters is 1. The average molecular weight is 642 g/mol. The molecule has 47 heavy (non-hydrogen) atoms. The zero-order valence-electron chi connectivity index (χ0n) is 27.6. The van der Waals surface area contributed by atoms with Crippen LogP contribution in [0.4, 0.5) is 0 Å². The van der Waals surface area contributed by atoms with Gasteiger partial charge in [-0.2, -0.15) is 0 Å². The summed E-state index contributed by atoms with van der Waals surface area (Å²) in [4.78, 5) is 37.6. The molecule has 1 N–H and O–H groups in total. The van der Waals surface area contributed by atoms with Crippen molar-refractivity contribution in [2.45, 2.75) is 65.0 Å². The van der Waals surface area contributed by atoms with E-state index in [-0.39, 0.29) is 31.4 Å². The van der Waals surface area contributed by atoms with Gasteiger partial charge in [-0.25, -0.2) is 4.79 Å². The average Bonchev–Trinajstić information content (AvgIpc) is 3.40. The summed E-state index contributed by atoms with van der Waals surface area (Å²) in [6.45, 7) is 9.22. The molecule has 1 aromatic heterocycles. The third kappa shape index (κ3) is 9.94. The minimum atomic E-state index is -0.873. The number of aromatic nitrogens is 1. The number of ketones is 2. The number of carbonyl (C=O) groups is 3. The van der Waals surface area contributed by atoms with Gasteiger partial charge in [-0.3, -0.25) is 9.59 Å². The van der Waals surface area contributed by atoms with E-state index in [9.17, 15) is 19.5 Å². The number of aliphatic hydroxyl groups excluding tert-OH is 1. The molecule has 8 heteroatoms. The van der Waals surface area contributed by atoms with Gasteiger partial charge in [0.15, 0.2) is 11.6 Å². The van der Waals surface area contributed by atoms with Crippen molar-refractivity contribution in [3.63, 3.8) is 0 Å². The van der Waals surface area contributed by atoms with Crippen LogP contribution in [0.25, 0.3) is 21.8 Å². The summed E-state index contributed by atoms with van der Waals surface area (Å²) in [5, 5.41) is 12.1. The molecule has 0 bridgehead atoms. The Hall–Kier alpha value is -4.11. The minimum absolute atomic E-state index is 0.0363. The van der Waals surface area contributed by atoms with Gasteiger partial charge in [0, 0.05) is 57.7 Å². The van der Waals surface area contributed by atoms with Gasteiger partial charge in [0.2, 0.25) is 0 Å². The molecule has 2 unspecified atom stereocenters. The number of unbranched alkanes of at least 4 members (excludes halogenated alkanes) is 2. The van der Waals surface area contributed by atoms with Crippen molar-refractivity contribution in [1.82, 2.24) is 4.57 Å². The molecule has 0 aliphatic heterocycles. The lowest BCUT2D eigenvalue weighted by Gasteiger charge is -2.17. The van der Waals surface area contributed by atoms with Crippen LogP contribution in [0.15, 0.2) is 79.4 Å². The van der Waals surface area contributed by atoms with Crippen molar-refractivity contribution in [1.29, 1.82) is 0 Å². The Morgan fingerprint density at radius 2 is 1.49 bits per heavy atom. The SMILES string of the molecule is C=CC(=O)OCCCCOCC(O)COCC(=O)c1ccc2c(c1)c1cc(C(=O)c3ccccc3)ccc1n2CC(CC)CCCC. The van der Waals surface area contributed by atoms with Crippen LogP contribution in [0.1, 0.15) is 78.7 Å². The quantitative estimate of drug-likeness (QED) is 0.0440. The van der Waals surface area contributed by atoms with Gasteiger partial charge < -0.3 is 23.9 Å². The monoisotopic (exact) mass is 641 g/mol. The molecule has 0 spiro atoms. The van der Waals surface area contributed by atoms with Crippen LogP contribution in [0.2, 0.25) is 0 Å². The maximum atomic E-state index is 13.4. The van der Waals surface area contributed by atoms with Crippen LogP contribution in [0, 0.1) is 5.92 Å². The molecule has 2 atom stereocenters. The lowest BCUT2D eigenvalue weighted by molar-refractivity contribution is -0.137. The largest absolute Gasteiger partial charge is 0.463 e. The molecule has 8 nitrogen and oxygen atoms in total. The maximum absolute atomic E-state index is 13.4. The zero-order valence-corrected chi connectivity index (χ0v) is 27.6. The number of ether oxygens (including phenoxy) is 3. The Morgan fingerprint density at radius 1 is 0.830 bits per heavy atom. The Kier molecular flexibility index (Phi) is 13.9. The first-order valence-corrected chi connectivity index (χ1v) is 16.7. The van der Waals surface area contributed by atoms with Crippen LogP contribution in [-0.2, 0) is 25.5 Å². The Labute approximate surface area is 277 Å². The highest BCUT2D eigenvalue weighted by atomic mass is 16.5. The van der Waals surface area contributed by atoms with E-state index in [0.717, 1.165) is 53.7 Å². The molecule has 0 aliphatic rings. The normalized spacial score (nSPS) is 12.7. The number of aliphatic hydroxyl groups is 1. The minimum Gasteiger partial charge on any atom is -0.463 e. The molecule has 0 aliphatic carbocycles. The lowest BCUT2D eigenvalue weighted by Crippen LogP contribution is -2.24. The van der Waals surface area contributed by atoms with Crippen molar-refractivity contribution >= 4 is 39.3 Å². The van der Waals surface area contributed by atoms with Crippen molar-refractivity contribution in [3.8, 4) is 0 Å². The molecule has 4 aromatic rings. The van der Waals surface area contributed by atoms with Gasteiger partial charge in [-0.15, -0.1) is 0 Å².